The zero-order chi connectivity index (χ0) is 20.5. The van der Waals surface area contributed by atoms with Gasteiger partial charge in [0.15, 0.2) is 5.65 Å². The first-order valence-corrected chi connectivity index (χ1v) is 8.88. The van der Waals surface area contributed by atoms with Gasteiger partial charge in [0.2, 0.25) is 0 Å². The highest BCUT2D eigenvalue weighted by Crippen LogP contribution is 2.32. The Morgan fingerprint density at radius 2 is 2.03 bits per heavy atom. The Labute approximate surface area is 168 Å². The van der Waals surface area contributed by atoms with Crippen molar-refractivity contribution in [3.63, 3.8) is 0 Å². The smallest absolute Gasteiger partial charge is 0.387 e. The van der Waals surface area contributed by atoms with Crippen LogP contribution in [0.2, 0.25) is 5.02 Å². The van der Waals surface area contributed by atoms with Crippen molar-refractivity contribution in [3.05, 3.63) is 70.0 Å². The third kappa shape index (κ3) is 3.68. The first-order valence-electron chi connectivity index (χ1n) is 8.50. The molecule has 4 aromatic rings. The number of halogens is 3. The molecule has 3 aromatic heterocycles. The third-order valence-corrected chi connectivity index (χ3v) is 4.71. The Balaban J connectivity index is 1.82. The van der Waals surface area contributed by atoms with E-state index in [2.05, 4.69) is 19.9 Å². The van der Waals surface area contributed by atoms with E-state index in [1.165, 1.54) is 21.3 Å². The number of pyridine rings is 1. The minimum atomic E-state index is -2.99. The predicted octanol–water partition coefficient (Wildman–Crippen LogP) is 3.50. The van der Waals surface area contributed by atoms with Gasteiger partial charge in [-0.2, -0.15) is 19.0 Å². The number of benzene rings is 1. The highest BCUT2D eigenvalue weighted by Gasteiger charge is 2.15. The molecule has 0 saturated carbocycles. The van der Waals surface area contributed by atoms with Crippen LogP contribution in [0.25, 0.3) is 22.3 Å². The minimum absolute atomic E-state index is 0.0716. The normalized spacial score (nSPS) is 11.3. The van der Waals surface area contributed by atoms with Crippen LogP contribution in [0.15, 0.2) is 53.6 Å². The summed E-state index contributed by atoms with van der Waals surface area (Å²) in [6, 6.07) is 9.80. The third-order valence-electron chi connectivity index (χ3n) is 4.40. The van der Waals surface area contributed by atoms with Gasteiger partial charge in [0.25, 0.3) is 0 Å². The van der Waals surface area contributed by atoms with E-state index in [0.29, 0.717) is 28.0 Å². The molecule has 148 valence electrons. The molecule has 10 heteroatoms. The number of nitrogens with zero attached hydrogens (tertiary/aromatic N) is 5. The zero-order valence-electron chi connectivity index (χ0n) is 15.1. The van der Waals surface area contributed by atoms with Crippen molar-refractivity contribution in [1.29, 1.82) is 0 Å². The van der Waals surface area contributed by atoms with Gasteiger partial charge in [0, 0.05) is 25.0 Å². The summed E-state index contributed by atoms with van der Waals surface area (Å²) in [5.41, 5.74) is 2.61. The second kappa shape index (κ2) is 7.59. The summed E-state index contributed by atoms with van der Waals surface area (Å²) in [5.74, 6) is -0.135. The van der Waals surface area contributed by atoms with Crippen LogP contribution in [0, 0.1) is 0 Å². The number of aryl methyl sites for hydroxylation is 1. The second-order valence-corrected chi connectivity index (χ2v) is 6.64. The molecule has 0 saturated heterocycles. The molecule has 0 fully saturated rings. The maximum Gasteiger partial charge on any atom is 0.387 e. The Kier molecular flexibility index (Phi) is 4.98. The van der Waals surface area contributed by atoms with Gasteiger partial charge >= 0.3 is 12.3 Å². The lowest BCUT2D eigenvalue weighted by atomic mass is 10.1. The molecule has 1 aromatic carbocycles. The van der Waals surface area contributed by atoms with Crippen LogP contribution >= 0.6 is 11.6 Å². The van der Waals surface area contributed by atoms with Crippen molar-refractivity contribution in [2.45, 2.75) is 13.2 Å². The van der Waals surface area contributed by atoms with Crippen LogP contribution in [-0.2, 0) is 13.6 Å². The highest BCUT2D eigenvalue weighted by atomic mass is 35.5. The van der Waals surface area contributed by atoms with Gasteiger partial charge < -0.3 is 4.74 Å². The van der Waals surface area contributed by atoms with Crippen LogP contribution in [0.5, 0.6) is 5.75 Å². The number of rotatable bonds is 5. The van der Waals surface area contributed by atoms with Crippen molar-refractivity contribution < 1.29 is 13.5 Å². The molecule has 0 atom stereocenters. The zero-order valence-corrected chi connectivity index (χ0v) is 15.8. The average Bonchev–Trinajstić information content (AvgIpc) is 2.94. The molecule has 29 heavy (non-hydrogen) atoms. The van der Waals surface area contributed by atoms with Gasteiger partial charge in [-0.1, -0.05) is 17.7 Å². The maximum absolute atomic E-state index is 12.7. The summed E-state index contributed by atoms with van der Waals surface area (Å²) in [5, 5.41) is 7.92. The topological polar surface area (TPSA) is 74.8 Å². The lowest BCUT2D eigenvalue weighted by molar-refractivity contribution is -0.0497. The lowest BCUT2D eigenvalue weighted by Gasteiger charge is -2.09. The first-order chi connectivity index (χ1) is 13.9. The number of imidazole rings is 1. The van der Waals surface area contributed by atoms with Crippen molar-refractivity contribution in [1.82, 2.24) is 24.3 Å². The summed E-state index contributed by atoms with van der Waals surface area (Å²) in [6.45, 7) is -2.77. The molecule has 0 amide bonds. The largest absolute Gasteiger partial charge is 0.433 e. The van der Waals surface area contributed by atoms with Gasteiger partial charge in [-0.05, 0) is 35.9 Å². The summed E-state index contributed by atoms with van der Waals surface area (Å²) in [4.78, 5) is 17.1. The Morgan fingerprint density at radius 1 is 1.21 bits per heavy atom. The summed E-state index contributed by atoms with van der Waals surface area (Å²) in [6.07, 6.45) is 3.11. The first kappa shape index (κ1) is 19.0. The number of ether oxygens (including phenoxy) is 1. The molecule has 3 heterocycles. The fourth-order valence-electron chi connectivity index (χ4n) is 3.04. The molecule has 0 unspecified atom stereocenters. The number of alkyl halides is 2. The van der Waals surface area contributed by atoms with E-state index in [1.807, 2.05) is 0 Å². The van der Waals surface area contributed by atoms with Crippen molar-refractivity contribution in [3.8, 4) is 16.9 Å². The Hall–Kier alpha value is -3.33. The van der Waals surface area contributed by atoms with Crippen molar-refractivity contribution >= 4 is 22.8 Å². The molecule has 0 spiro atoms. The van der Waals surface area contributed by atoms with E-state index in [9.17, 15) is 13.6 Å². The van der Waals surface area contributed by atoms with E-state index in [-0.39, 0.29) is 23.0 Å². The van der Waals surface area contributed by atoms with Gasteiger partial charge in [0.1, 0.15) is 5.75 Å². The lowest BCUT2D eigenvalue weighted by Crippen LogP contribution is -2.23. The maximum atomic E-state index is 12.7. The molecule has 0 aliphatic rings. The number of hydrogen-bond donors (Lipinski definition) is 0. The van der Waals surface area contributed by atoms with Gasteiger partial charge in [0.05, 0.1) is 22.8 Å². The van der Waals surface area contributed by atoms with Crippen LogP contribution < -0.4 is 10.4 Å². The van der Waals surface area contributed by atoms with Crippen LogP contribution in [0.3, 0.4) is 0 Å². The monoisotopic (exact) mass is 417 g/mol. The molecule has 4 rings (SSSR count). The van der Waals surface area contributed by atoms with E-state index in [0.717, 1.165) is 0 Å². The van der Waals surface area contributed by atoms with Crippen LogP contribution in [-0.4, -0.2) is 30.9 Å². The molecule has 7 nitrogen and oxygen atoms in total. The Bertz CT molecular complexity index is 1240. The fourth-order valence-corrected chi connectivity index (χ4v) is 3.20. The average molecular weight is 418 g/mol. The minimum Gasteiger partial charge on any atom is -0.433 e. The number of aromatic nitrogens is 5. The second-order valence-electron chi connectivity index (χ2n) is 6.23. The fraction of sp³-hybridized carbons (Fsp3) is 0.158. The summed E-state index contributed by atoms with van der Waals surface area (Å²) in [7, 11) is 1.63. The summed E-state index contributed by atoms with van der Waals surface area (Å²) < 4.78 is 32.6. The number of hydrogen-bond acceptors (Lipinski definition) is 5. The Morgan fingerprint density at radius 3 is 2.76 bits per heavy atom. The van der Waals surface area contributed by atoms with Gasteiger partial charge in [-0.25, -0.2) is 9.78 Å². The highest BCUT2D eigenvalue weighted by molar-refractivity contribution is 6.32. The van der Waals surface area contributed by atoms with Crippen LogP contribution in [0.4, 0.5) is 8.78 Å². The molecule has 0 N–H and O–H groups in total. The van der Waals surface area contributed by atoms with Crippen LogP contribution in [0.1, 0.15) is 5.69 Å². The molecular weight excluding hydrogens is 404 g/mol. The van der Waals surface area contributed by atoms with Crippen molar-refractivity contribution in [2.75, 3.05) is 0 Å². The predicted molar refractivity (Wildman–Crippen MR) is 103 cm³/mol. The molecule has 0 aliphatic carbocycles. The van der Waals surface area contributed by atoms with E-state index in [1.54, 1.807) is 43.7 Å². The van der Waals surface area contributed by atoms with Gasteiger partial charge in [-0.15, -0.1) is 0 Å². The van der Waals surface area contributed by atoms with Crippen molar-refractivity contribution in [2.24, 2.45) is 7.05 Å². The molecule has 0 aliphatic heterocycles. The van der Waals surface area contributed by atoms with E-state index < -0.39 is 6.61 Å². The SMILES string of the molecule is Cn1c(=O)n(Cc2cccnn2)c2cc(-c3ccc(Cl)c(OC(F)F)c3)cnc21. The molecular formula is C19H14ClF2N5O2. The molecule has 0 bridgehead atoms. The molecule has 0 radical (unpaired) electrons. The number of fused-ring (bicyclic) bond motifs is 1. The van der Waals surface area contributed by atoms with E-state index in [4.69, 9.17) is 11.6 Å². The summed E-state index contributed by atoms with van der Waals surface area (Å²) >= 11 is 5.93. The quantitative estimate of drug-likeness (QED) is 0.497. The standard InChI is InChI=1S/C19H14ClF2N5O2/c1-26-17-15(27(19(26)28)10-13-3-2-6-24-25-13)7-12(9-23-17)11-4-5-14(20)16(8-11)29-18(21)22/h2-9,18H,10H2,1H3. The van der Waals surface area contributed by atoms with E-state index >= 15 is 0 Å². The van der Waals surface area contributed by atoms with Gasteiger partial charge in [-0.3, -0.25) is 9.13 Å².